The lowest BCUT2D eigenvalue weighted by Crippen LogP contribution is -1.85. The van der Waals surface area contributed by atoms with Crippen molar-refractivity contribution in [3.05, 3.63) is 47.5 Å². The molecule has 1 rings (SSSR count). The lowest BCUT2D eigenvalue weighted by molar-refractivity contribution is 0.618. The van der Waals surface area contributed by atoms with Crippen molar-refractivity contribution in [3.63, 3.8) is 0 Å². The summed E-state index contributed by atoms with van der Waals surface area (Å²) >= 11 is 5.84. The number of hydrogen-bond acceptors (Lipinski definition) is 0. The van der Waals surface area contributed by atoms with Crippen LogP contribution in [0.2, 0.25) is 5.02 Å². The topological polar surface area (TPSA) is 0 Å². The monoisotopic (exact) mass is 236 g/mol. The Morgan fingerprint density at radius 2 is 1.56 bits per heavy atom. The SMILES string of the molecule is C=CCCCCCCCc1ccc(Cl)cc1. The number of hydrogen-bond donors (Lipinski definition) is 0. The van der Waals surface area contributed by atoms with Gasteiger partial charge in [0.25, 0.3) is 0 Å². The molecular formula is C15H21Cl. The largest absolute Gasteiger partial charge is 0.103 e. The highest BCUT2D eigenvalue weighted by Gasteiger charge is 1.94. The fourth-order valence-corrected chi connectivity index (χ4v) is 1.93. The fourth-order valence-electron chi connectivity index (χ4n) is 1.80. The number of halogens is 1. The van der Waals surface area contributed by atoms with E-state index in [4.69, 9.17) is 11.6 Å². The van der Waals surface area contributed by atoms with Crippen LogP contribution in [0.4, 0.5) is 0 Å². The maximum atomic E-state index is 5.84. The lowest BCUT2D eigenvalue weighted by Gasteiger charge is -2.02. The van der Waals surface area contributed by atoms with Crippen LogP contribution in [0.25, 0.3) is 0 Å². The highest BCUT2D eigenvalue weighted by molar-refractivity contribution is 6.30. The molecule has 0 fully saturated rings. The van der Waals surface area contributed by atoms with Gasteiger partial charge in [0.05, 0.1) is 0 Å². The van der Waals surface area contributed by atoms with Crippen molar-refractivity contribution in [2.75, 3.05) is 0 Å². The number of unbranched alkanes of at least 4 members (excludes halogenated alkanes) is 5. The number of aryl methyl sites for hydroxylation is 1. The first-order chi connectivity index (χ1) is 7.83. The molecule has 0 atom stereocenters. The normalized spacial score (nSPS) is 10.3. The molecule has 16 heavy (non-hydrogen) atoms. The summed E-state index contributed by atoms with van der Waals surface area (Å²) in [7, 11) is 0. The van der Waals surface area contributed by atoms with Crippen molar-refractivity contribution in [1.82, 2.24) is 0 Å². The summed E-state index contributed by atoms with van der Waals surface area (Å²) < 4.78 is 0. The summed E-state index contributed by atoms with van der Waals surface area (Å²) in [5.74, 6) is 0. The molecule has 0 bridgehead atoms. The zero-order chi connectivity index (χ0) is 11.6. The van der Waals surface area contributed by atoms with Gasteiger partial charge in [0.15, 0.2) is 0 Å². The van der Waals surface area contributed by atoms with Crippen LogP contribution < -0.4 is 0 Å². The molecule has 0 spiro atoms. The summed E-state index contributed by atoms with van der Waals surface area (Å²) in [6, 6.07) is 8.20. The van der Waals surface area contributed by atoms with Crippen molar-refractivity contribution in [2.24, 2.45) is 0 Å². The van der Waals surface area contributed by atoms with Gasteiger partial charge < -0.3 is 0 Å². The second-order valence-corrected chi connectivity index (χ2v) is 4.66. The molecule has 0 saturated carbocycles. The number of rotatable bonds is 8. The van der Waals surface area contributed by atoms with Gasteiger partial charge in [-0.15, -0.1) is 6.58 Å². The van der Waals surface area contributed by atoms with E-state index in [0.717, 1.165) is 11.4 Å². The second-order valence-electron chi connectivity index (χ2n) is 4.22. The Bertz CT molecular complexity index is 287. The summed E-state index contributed by atoms with van der Waals surface area (Å²) in [6.07, 6.45) is 11.0. The van der Waals surface area contributed by atoms with Crippen molar-refractivity contribution < 1.29 is 0 Å². The van der Waals surface area contributed by atoms with E-state index in [1.54, 1.807) is 0 Å². The van der Waals surface area contributed by atoms with Crippen molar-refractivity contribution in [1.29, 1.82) is 0 Å². The molecule has 1 aromatic rings. The molecule has 0 unspecified atom stereocenters. The second kappa shape index (κ2) is 8.41. The Balaban J connectivity index is 2.02. The highest BCUT2D eigenvalue weighted by Crippen LogP contribution is 2.13. The molecule has 0 aliphatic carbocycles. The quantitative estimate of drug-likeness (QED) is 0.418. The van der Waals surface area contributed by atoms with E-state index in [2.05, 4.69) is 18.7 Å². The number of allylic oxidation sites excluding steroid dienone is 1. The van der Waals surface area contributed by atoms with Gasteiger partial charge in [0.2, 0.25) is 0 Å². The summed E-state index contributed by atoms with van der Waals surface area (Å²) in [5.41, 5.74) is 1.40. The summed E-state index contributed by atoms with van der Waals surface area (Å²) in [4.78, 5) is 0. The van der Waals surface area contributed by atoms with Gasteiger partial charge >= 0.3 is 0 Å². The molecule has 0 heterocycles. The minimum Gasteiger partial charge on any atom is -0.103 e. The average Bonchev–Trinajstić information content (AvgIpc) is 2.30. The van der Waals surface area contributed by atoms with E-state index in [-0.39, 0.29) is 0 Å². The first-order valence-electron chi connectivity index (χ1n) is 6.18. The molecule has 88 valence electrons. The molecule has 0 saturated heterocycles. The van der Waals surface area contributed by atoms with Crippen LogP contribution in [0.3, 0.4) is 0 Å². The molecule has 0 nitrogen and oxygen atoms in total. The van der Waals surface area contributed by atoms with Crippen LogP contribution >= 0.6 is 11.6 Å². The molecule has 0 aliphatic rings. The van der Waals surface area contributed by atoms with Crippen LogP contribution in [0.5, 0.6) is 0 Å². The third-order valence-corrected chi connectivity index (χ3v) is 3.04. The standard InChI is InChI=1S/C15H21Cl/c1-2-3-4-5-6-7-8-9-14-10-12-15(16)13-11-14/h2,10-13H,1,3-9H2. The predicted molar refractivity (Wildman–Crippen MR) is 73.1 cm³/mol. The number of benzene rings is 1. The summed E-state index contributed by atoms with van der Waals surface area (Å²) in [6.45, 7) is 3.73. The third kappa shape index (κ3) is 5.97. The van der Waals surface area contributed by atoms with Gasteiger partial charge in [-0.05, 0) is 43.4 Å². The Labute approximate surface area is 104 Å². The molecular weight excluding hydrogens is 216 g/mol. The van der Waals surface area contributed by atoms with Gasteiger partial charge in [0.1, 0.15) is 0 Å². The predicted octanol–water partition coefficient (Wildman–Crippen LogP) is 5.41. The first kappa shape index (κ1) is 13.3. The third-order valence-electron chi connectivity index (χ3n) is 2.79. The molecule has 0 aliphatic heterocycles. The summed E-state index contributed by atoms with van der Waals surface area (Å²) in [5, 5.41) is 0.827. The van der Waals surface area contributed by atoms with Gasteiger partial charge in [-0.3, -0.25) is 0 Å². The van der Waals surface area contributed by atoms with Crippen molar-refractivity contribution in [3.8, 4) is 0 Å². The lowest BCUT2D eigenvalue weighted by atomic mass is 10.1. The van der Waals surface area contributed by atoms with E-state index >= 15 is 0 Å². The highest BCUT2D eigenvalue weighted by atomic mass is 35.5. The molecule has 0 radical (unpaired) electrons. The van der Waals surface area contributed by atoms with Gasteiger partial charge in [0, 0.05) is 5.02 Å². The Kier molecular flexibility index (Phi) is 7.00. The zero-order valence-corrected chi connectivity index (χ0v) is 10.7. The Morgan fingerprint density at radius 3 is 2.25 bits per heavy atom. The maximum Gasteiger partial charge on any atom is 0.0406 e. The Hall–Kier alpha value is -0.750. The average molecular weight is 237 g/mol. The molecule has 0 N–H and O–H groups in total. The fraction of sp³-hybridized carbons (Fsp3) is 0.467. The Morgan fingerprint density at radius 1 is 0.938 bits per heavy atom. The van der Waals surface area contributed by atoms with Crippen LogP contribution in [0.1, 0.15) is 44.1 Å². The van der Waals surface area contributed by atoms with E-state index in [1.165, 1.54) is 44.1 Å². The molecule has 0 amide bonds. The van der Waals surface area contributed by atoms with E-state index in [9.17, 15) is 0 Å². The zero-order valence-electron chi connectivity index (χ0n) is 9.92. The van der Waals surface area contributed by atoms with Crippen LogP contribution in [0.15, 0.2) is 36.9 Å². The molecule has 0 aromatic heterocycles. The van der Waals surface area contributed by atoms with Crippen LogP contribution in [-0.4, -0.2) is 0 Å². The van der Waals surface area contributed by atoms with Crippen molar-refractivity contribution in [2.45, 2.75) is 44.9 Å². The van der Waals surface area contributed by atoms with Gasteiger partial charge in [-0.1, -0.05) is 49.1 Å². The van der Waals surface area contributed by atoms with E-state index in [1.807, 2.05) is 18.2 Å². The van der Waals surface area contributed by atoms with Gasteiger partial charge in [-0.25, -0.2) is 0 Å². The van der Waals surface area contributed by atoms with Gasteiger partial charge in [-0.2, -0.15) is 0 Å². The first-order valence-corrected chi connectivity index (χ1v) is 6.56. The van der Waals surface area contributed by atoms with Crippen LogP contribution in [0, 0.1) is 0 Å². The molecule has 1 aromatic carbocycles. The molecule has 1 heteroatoms. The maximum absolute atomic E-state index is 5.84. The minimum absolute atomic E-state index is 0.827. The minimum atomic E-state index is 0.827. The smallest absolute Gasteiger partial charge is 0.0406 e. The van der Waals surface area contributed by atoms with Crippen molar-refractivity contribution >= 4 is 11.6 Å². The van der Waals surface area contributed by atoms with Crippen LogP contribution in [-0.2, 0) is 6.42 Å². The van der Waals surface area contributed by atoms with E-state index in [0.29, 0.717) is 0 Å². The van der Waals surface area contributed by atoms with E-state index < -0.39 is 0 Å².